The number of nitro benzene ring substituents is 1. The van der Waals surface area contributed by atoms with Crippen LogP contribution in [0.2, 0.25) is 0 Å². The van der Waals surface area contributed by atoms with Crippen LogP contribution < -0.4 is 10.2 Å². The van der Waals surface area contributed by atoms with Gasteiger partial charge in [0.25, 0.3) is 5.69 Å². The summed E-state index contributed by atoms with van der Waals surface area (Å²) in [6.45, 7) is 4.11. The molecule has 4 aromatic rings. The fraction of sp³-hybridized carbons (Fsp3) is 0.154. The predicted molar refractivity (Wildman–Crippen MR) is 135 cm³/mol. The van der Waals surface area contributed by atoms with E-state index in [0.29, 0.717) is 22.2 Å². The molecule has 1 aliphatic rings. The molecule has 0 amide bonds. The maximum atomic E-state index is 11.2. The van der Waals surface area contributed by atoms with Gasteiger partial charge in [-0.2, -0.15) is 0 Å². The van der Waals surface area contributed by atoms with Gasteiger partial charge in [-0.05, 0) is 73.6 Å². The van der Waals surface area contributed by atoms with Gasteiger partial charge in [0.05, 0.1) is 16.7 Å². The fourth-order valence-corrected chi connectivity index (χ4v) is 4.80. The summed E-state index contributed by atoms with van der Waals surface area (Å²) in [4.78, 5) is 17.4. The Morgan fingerprint density at radius 1 is 1.03 bits per heavy atom. The van der Waals surface area contributed by atoms with E-state index in [2.05, 4.69) is 47.2 Å². The number of aryl methyl sites for hydroxylation is 2. The zero-order valence-corrected chi connectivity index (χ0v) is 19.5. The fourth-order valence-electron chi connectivity index (χ4n) is 4.45. The first-order valence-electron chi connectivity index (χ1n) is 10.8. The van der Waals surface area contributed by atoms with Crippen LogP contribution in [0.25, 0.3) is 11.3 Å². The lowest BCUT2D eigenvalue weighted by atomic mass is 10.0. The van der Waals surface area contributed by atoms with Crippen LogP contribution in [0.1, 0.15) is 34.7 Å². The van der Waals surface area contributed by atoms with Crippen LogP contribution in [-0.2, 0) is 0 Å². The average molecular weight is 471 g/mol. The van der Waals surface area contributed by atoms with Crippen molar-refractivity contribution < 1.29 is 9.34 Å². The molecule has 0 bridgehead atoms. The van der Waals surface area contributed by atoms with Crippen molar-refractivity contribution in [2.24, 2.45) is 0 Å². The van der Waals surface area contributed by atoms with Crippen LogP contribution in [-0.4, -0.2) is 15.0 Å². The SMILES string of the molecule is Cc1cc(C)cc(N2C(=S)NC(c3ccccn3)C2c2ccc(-c3cccc([N+](=O)[O-])c3)o2)c1. The molecule has 34 heavy (non-hydrogen) atoms. The smallest absolute Gasteiger partial charge is 0.270 e. The monoisotopic (exact) mass is 470 g/mol. The molecule has 1 fully saturated rings. The number of pyridine rings is 1. The van der Waals surface area contributed by atoms with Crippen molar-refractivity contribution in [1.29, 1.82) is 0 Å². The minimum absolute atomic E-state index is 0.0161. The molecule has 3 heterocycles. The molecule has 2 atom stereocenters. The highest BCUT2D eigenvalue weighted by molar-refractivity contribution is 7.80. The van der Waals surface area contributed by atoms with Gasteiger partial charge >= 0.3 is 0 Å². The molecular formula is C26H22N4O3S. The molecule has 5 rings (SSSR count). The highest BCUT2D eigenvalue weighted by Gasteiger charge is 2.42. The number of nitro groups is 1. The Morgan fingerprint density at radius 3 is 2.53 bits per heavy atom. The summed E-state index contributed by atoms with van der Waals surface area (Å²) in [7, 11) is 0. The lowest BCUT2D eigenvalue weighted by molar-refractivity contribution is -0.384. The number of benzene rings is 2. The van der Waals surface area contributed by atoms with Gasteiger partial charge in [-0.3, -0.25) is 15.1 Å². The zero-order valence-electron chi connectivity index (χ0n) is 18.6. The summed E-state index contributed by atoms with van der Waals surface area (Å²) in [5, 5.41) is 15.2. The molecule has 1 aliphatic heterocycles. The van der Waals surface area contributed by atoms with E-state index in [9.17, 15) is 10.1 Å². The molecule has 1 saturated heterocycles. The van der Waals surface area contributed by atoms with Crippen LogP contribution in [0, 0.1) is 24.0 Å². The number of rotatable bonds is 5. The first-order chi connectivity index (χ1) is 16.4. The minimum Gasteiger partial charge on any atom is -0.459 e. The van der Waals surface area contributed by atoms with Crippen LogP contribution in [0.5, 0.6) is 0 Å². The van der Waals surface area contributed by atoms with E-state index in [-0.39, 0.29) is 17.8 Å². The van der Waals surface area contributed by atoms with Crippen molar-refractivity contribution in [3.05, 3.63) is 112 Å². The Balaban J connectivity index is 1.61. The summed E-state index contributed by atoms with van der Waals surface area (Å²) >= 11 is 5.78. The summed E-state index contributed by atoms with van der Waals surface area (Å²) in [5.41, 5.74) is 4.73. The molecule has 0 saturated carbocycles. The summed E-state index contributed by atoms with van der Waals surface area (Å²) in [6.07, 6.45) is 1.76. The maximum Gasteiger partial charge on any atom is 0.270 e. The lowest BCUT2D eigenvalue weighted by Gasteiger charge is -2.26. The minimum atomic E-state index is -0.411. The van der Waals surface area contributed by atoms with Crippen LogP contribution in [0.4, 0.5) is 11.4 Å². The van der Waals surface area contributed by atoms with Crippen molar-refractivity contribution in [2.75, 3.05) is 4.90 Å². The Labute approximate surface area is 202 Å². The van der Waals surface area contributed by atoms with E-state index in [0.717, 1.165) is 22.5 Å². The average Bonchev–Trinajstić information content (AvgIpc) is 3.43. The van der Waals surface area contributed by atoms with Gasteiger partial charge in [0, 0.05) is 29.6 Å². The highest BCUT2D eigenvalue weighted by Crippen LogP contribution is 2.43. The maximum absolute atomic E-state index is 11.2. The molecular weight excluding hydrogens is 448 g/mol. The summed E-state index contributed by atoms with van der Waals surface area (Å²) in [5.74, 6) is 1.24. The van der Waals surface area contributed by atoms with Crippen LogP contribution in [0.15, 0.2) is 83.4 Å². The first-order valence-corrected chi connectivity index (χ1v) is 11.2. The highest BCUT2D eigenvalue weighted by atomic mass is 32.1. The number of non-ortho nitro benzene ring substituents is 1. The Kier molecular flexibility index (Phi) is 5.59. The molecule has 0 spiro atoms. The van der Waals surface area contributed by atoms with E-state index in [4.69, 9.17) is 16.6 Å². The second-order valence-corrected chi connectivity index (χ2v) is 8.74. The van der Waals surface area contributed by atoms with Crippen molar-refractivity contribution in [1.82, 2.24) is 10.3 Å². The number of anilines is 1. The second-order valence-electron chi connectivity index (χ2n) is 8.35. The molecule has 7 nitrogen and oxygen atoms in total. The van der Waals surface area contributed by atoms with Gasteiger partial charge in [-0.1, -0.05) is 24.3 Å². The van der Waals surface area contributed by atoms with E-state index < -0.39 is 4.92 Å². The number of aromatic nitrogens is 1. The topological polar surface area (TPSA) is 84.4 Å². The first kappa shape index (κ1) is 21.8. The quantitative estimate of drug-likeness (QED) is 0.216. The standard InChI is InChI=1S/C26H22N4O3S/c1-16-12-17(2)14-20(13-16)29-25(24(28-26(29)34)21-8-3-4-11-27-21)23-10-9-22(33-23)18-6-5-7-19(15-18)30(31)32/h3-15,24-25H,1-2H3,(H,28,34). The normalized spacial score (nSPS) is 17.6. The molecule has 2 unspecified atom stereocenters. The number of hydrogen-bond donors (Lipinski definition) is 1. The van der Waals surface area contributed by atoms with Crippen LogP contribution in [0.3, 0.4) is 0 Å². The van der Waals surface area contributed by atoms with Gasteiger partial charge in [0.15, 0.2) is 5.11 Å². The van der Waals surface area contributed by atoms with Crippen molar-refractivity contribution in [3.63, 3.8) is 0 Å². The Hall–Kier alpha value is -4.04. The van der Waals surface area contributed by atoms with Gasteiger partial charge in [0.1, 0.15) is 17.6 Å². The number of hydrogen-bond acceptors (Lipinski definition) is 5. The molecule has 2 aromatic carbocycles. The second kappa shape index (κ2) is 8.72. The third kappa shape index (κ3) is 4.04. The molecule has 2 aromatic heterocycles. The Bertz CT molecular complexity index is 1370. The molecule has 1 N–H and O–H groups in total. The van der Waals surface area contributed by atoms with Gasteiger partial charge < -0.3 is 14.6 Å². The lowest BCUT2D eigenvalue weighted by Crippen LogP contribution is -2.29. The number of nitrogens with zero attached hydrogens (tertiary/aromatic N) is 3. The third-order valence-electron chi connectivity index (χ3n) is 5.84. The van der Waals surface area contributed by atoms with E-state index in [1.54, 1.807) is 18.3 Å². The van der Waals surface area contributed by atoms with E-state index in [1.165, 1.54) is 12.1 Å². The zero-order chi connectivity index (χ0) is 23.8. The van der Waals surface area contributed by atoms with Crippen molar-refractivity contribution in [3.8, 4) is 11.3 Å². The summed E-state index contributed by atoms with van der Waals surface area (Å²) < 4.78 is 6.31. The van der Waals surface area contributed by atoms with Gasteiger partial charge in [0.2, 0.25) is 0 Å². The van der Waals surface area contributed by atoms with Crippen LogP contribution >= 0.6 is 12.2 Å². The van der Waals surface area contributed by atoms with Gasteiger partial charge in [-0.25, -0.2) is 0 Å². The molecule has 0 aliphatic carbocycles. The number of thiocarbonyl (C=S) groups is 1. The third-order valence-corrected chi connectivity index (χ3v) is 6.16. The molecule has 0 radical (unpaired) electrons. The van der Waals surface area contributed by atoms with Gasteiger partial charge in [-0.15, -0.1) is 0 Å². The van der Waals surface area contributed by atoms with E-state index >= 15 is 0 Å². The van der Waals surface area contributed by atoms with Crippen molar-refractivity contribution in [2.45, 2.75) is 25.9 Å². The predicted octanol–water partition coefficient (Wildman–Crippen LogP) is 6.04. The van der Waals surface area contributed by atoms with E-state index in [1.807, 2.05) is 30.3 Å². The van der Waals surface area contributed by atoms with Crippen molar-refractivity contribution >= 4 is 28.7 Å². The number of nitrogens with one attached hydrogen (secondary N) is 1. The largest absolute Gasteiger partial charge is 0.459 e. The number of furan rings is 1. The molecule has 170 valence electrons. The summed E-state index contributed by atoms with van der Waals surface area (Å²) in [6, 6.07) is 21.7. The molecule has 8 heteroatoms. The Morgan fingerprint density at radius 2 is 1.82 bits per heavy atom.